The van der Waals surface area contributed by atoms with Gasteiger partial charge < -0.3 is 14.2 Å². The van der Waals surface area contributed by atoms with E-state index in [9.17, 15) is 14.7 Å². The highest BCUT2D eigenvalue weighted by Gasteiger charge is 2.18. The molecule has 25 heavy (non-hydrogen) atoms. The predicted molar refractivity (Wildman–Crippen MR) is 95.7 cm³/mol. The molecule has 3 rings (SSSR count). The minimum absolute atomic E-state index is 0.0437. The van der Waals surface area contributed by atoms with Gasteiger partial charge in [-0.2, -0.15) is 0 Å². The first kappa shape index (κ1) is 16.8. The van der Waals surface area contributed by atoms with Crippen LogP contribution in [0.25, 0.3) is 11.6 Å². The molecule has 0 fully saturated rings. The van der Waals surface area contributed by atoms with E-state index in [1.807, 2.05) is 0 Å². The van der Waals surface area contributed by atoms with E-state index in [0.717, 1.165) is 5.56 Å². The first-order valence-electron chi connectivity index (χ1n) is 7.40. The van der Waals surface area contributed by atoms with Crippen LogP contribution in [-0.4, -0.2) is 28.4 Å². The van der Waals surface area contributed by atoms with Crippen LogP contribution in [0.2, 0.25) is 5.02 Å². The van der Waals surface area contributed by atoms with Gasteiger partial charge in [0.05, 0.1) is 23.9 Å². The standard InChI is InChI=1S/C19H14ClNO4/c1-25-14-8-9-21-16(10-14)15(19(23)24)11-17(21)18(22)7-4-12-2-5-13(20)6-3-12/h2-11H,1H3,(H,23,24)/b7-4+. The van der Waals surface area contributed by atoms with Gasteiger partial charge in [0.15, 0.2) is 0 Å². The third kappa shape index (κ3) is 3.41. The van der Waals surface area contributed by atoms with Crippen molar-refractivity contribution in [1.29, 1.82) is 0 Å². The summed E-state index contributed by atoms with van der Waals surface area (Å²) < 4.78 is 6.67. The number of rotatable bonds is 5. The van der Waals surface area contributed by atoms with Gasteiger partial charge in [0.1, 0.15) is 5.75 Å². The van der Waals surface area contributed by atoms with Crippen LogP contribution in [0.1, 0.15) is 26.4 Å². The van der Waals surface area contributed by atoms with Crippen molar-refractivity contribution in [2.75, 3.05) is 7.11 Å². The molecule has 0 aliphatic heterocycles. The Hall–Kier alpha value is -3.05. The summed E-state index contributed by atoms with van der Waals surface area (Å²) in [6.45, 7) is 0. The topological polar surface area (TPSA) is 68.0 Å². The number of carboxylic acid groups (broad SMARTS) is 1. The molecule has 0 amide bonds. The first-order chi connectivity index (χ1) is 12.0. The van der Waals surface area contributed by atoms with Crippen LogP contribution >= 0.6 is 11.6 Å². The number of fused-ring (bicyclic) bond motifs is 1. The lowest BCUT2D eigenvalue weighted by atomic mass is 10.1. The molecule has 5 nitrogen and oxygen atoms in total. The summed E-state index contributed by atoms with van der Waals surface area (Å²) in [6.07, 6.45) is 4.67. The van der Waals surface area contributed by atoms with E-state index < -0.39 is 5.97 Å². The van der Waals surface area contributed by atoms with E-state index in [-0.39, 0.29) is 17.0 Å². The SMILES string of the molecule is COc1ccn2c(C(=O)/C=C/c3ccc(Cl)cc3)cc(C(=O)O)c2c1. The zero-order valence-corrected chi connectivity index (χ0v) is 14.0. The van der Waals surface area contributed by atoms with E-state index >= 15 is 0 Å². The predicted octanol–water partition coefficient (Wildman–Crippen LogP) is 4.20. The number of pyridine rings is 1. The van der Waals surface area contributed by atoms with Crippen LogP contribution in [-0.2, 0) is 0 Å². The number of hydrogen-bond acceptors (Lipinski definition) is 3. The fourth-order valence-corrected chi connectivity index (χ4v) is 2.62. The number of carbonyl (C=O) groups is 2. The van der Waals surface area contributed by atoms with Crippen molar-refractivity contribution in [1.82, 2.24) is 4.40 Å². The molecule has 0 saturated heterocycles. The maximum atomic E-state index is 12.5. The molecule has 0 saturated carbocycles. The highest BCUT2D eigenvalue weighted by atomic mass is 35.5. The van der Waals surface area contributed by atoms with Crippen molar-refractivity contribution >= 4 is 34.9 Å². The number of halogens is 1. The number of hydrogen-bond donors (Lipinski definition) is 1. The second-order valence-electron chi connectivity index (χ2n) is 5.32. The molecule has 2 aromatic heterocycles. The largest absolute Gasteiger partial charge is 0.497 e. The van der Waals surface area contributed by atoms with Crippen molar-refractivity contribution in [3.8, 4) is 5.75 Å². The molecular formula is C19H14ClNO4. The molecule has 0 unspecified atom stereocenters. The number of benzene rings is 1. The second-order valence-corrected chi connectivity index (χ2v) is 5.76. The quantitative estimate of drug-likeness (QED) is 0.550. The Bertz CT molecular complexity index is 987. The monoisotopic (exact) mass is 355 g/mol. The fraction of sp³-hybridized carbons (Fsp3) is 0.0526. The summed E-state index contributed by atoms with van der Waals surface area (Å²) in [4.78, 5) is 24.0. The summed E-state index contributed by atoms with van der Waals surface area (Å²) in [5.74, 6) is -0.891. The Kier molecular flexibility index (Phi) is 4.59. The van der Waals surface area contributed by atoms with Crippen molar-refractivity contribution in [2.24, 2.45) is 0 Å². The van der Waals surface area contributed by atoms with Gasteiger partial charge in [-0.15, -0.1) is 0 Å². The van der Waals surface area contributed by atoms with E-state index in [0.29, 0.717) is 16.3 Å². The third-order valence-corrected chi connectivity index (χ3v) is 4.01. The van der Waals surface area contributed by atoms with Gasteiger partial charge in [-0.05, 0) is 35.9 Å². The molecule has 126 valence electrons. The fourth-order valence-electron chi connectivity index (χ4n) is 2.50. The van der Waals surface area contributed by atoms with E-state index in [1.165, 1.54) is 19.3 Å². The molecule has 0 radical (unpaired) electrons. The first-order valence-corrected chi connectivity index (χ1v) is 7.78. The number of carbonyl (C=O) groups excluding carboxylic acids is 1. The summed E-state index contributed by atoms with van der Waals surface area (Å²) >= 11 is 5.83. The zero-order valence-electron chi connectivity index (χ0n) is 13.3. The smallest absolute Gasteiger partial charge is 0.337 e. The lowest BCUT2D eigenvalue weighted by molar-refractivity contribution is 0.0699. The van der Waals surface area contributed by atoms with Crippen molar-refractivity contribution < 1.29 is 19.4 Å². The Morgan fingerprint density at radius 2 is 1.88 bits per heavy atom. The molecule has 0 spiro atoms. The molecule has 3 aromatic rings. The molecule has 1 aromatic carbocycles. The Morgan fingerprint density at radius 3 is 2.52 bits per heavy atom. The van der Waals surface area contributed by atoms with Crippen LogP contribution in [0, 0.1) is 0 Å². The lowest BCUT2D eigenvalue weighted by Crippen LogP contribution is -2.00. The maximum Gasteiger partial charge on any atom is 0.337 e. The number of aromatic nitrogens is 1. The molecule has 2 heterocycles. The van der Waals surface area contributed by atoms with Gasteiger partial charge >= 0.3 is 5.97 Å². The molecule has 0 aliphatic rings. The Labute approximate surface area is 148 Å². The Balaban J connectivity index is 2.01. The maximum absolute atomic E-state index is 12.5. The minimum Gasteiger partial charge on any atom is -0.497 e. The van der Waals surface area contributed by atoms with Crippen molar-refractivity contribution in [3.63, 3.8) is 0 Å². The summed E-state index contributed by atoms with van der Waals surface area (Å²) in [6, 6.07) is 11.7. The third-order valence-electron chi connectivity index (χ3n) is 3.76. The number of ether oxygens (including phenoxy) is 1. The van der Waals surface area contributed by atoms with Crippen LogP contribution in [0.15, 0.2) is 54.7 Å². The van der Waals surface area contributed by atoms with Crippen LogP contribution in [0.3, 0.4) is 0 Å². The van der Waals surface area contributed by atoms with Crippen LogP contribution in [0.4, 0.5) is 0 Å². The van der Waals surface area contributed by atoms with Gasteiger partial charge in [0, 0.05) is 17.3 Å². The number of methoxy groups -OCH3 is 1. The summed E-state index contributed by atoms with van der Waals surface area (Å²) in [5.41, 5.74) is 1.52. The highest BCUT2D eigenvalue weighted by Crippen LogP contribution is 2.23. The van der Waals surface area contributed by atoms with Crippen LogP contribution < -0.4 is 4.74 Å². The van der Waals surface area contributed by atoms with Gasteiger partial charge in [0.2, 0.25) is 5.78 Å². The number of ketones is 1. The molecular weight excluding hydrogens is 342 g/mol. The van der Waals surface area contributed by atoms with Gasteiger partial charge in [-0.1, -0.05) is 29.8 Å². The van der Waals surface area contributed by atoms with E-state index in [4.69, 9.17) is 16.3 Å². The summed E-state index contributed by atoms with van der Waals surface area (Å²) in [5, 5.41) is 9.99. The van der Waals surface area contributed by atoms with Crippen molar-refractivity contribution in [2.45, 2.75) is 0 Å². The lowest BCUT2D eigenvalue weighted by Gasteiger charge is -2.03. The molecule has 0 aliphatic carbocycles. The van der Waals surface area contributed by atoms with Crippen molar-refractivity contribution in [3.05, 3.63) is 76.6 Å². The molecule has 1 N–H and O–H groups in total. The normalized spacial score (nSPS) is 11.1. The van der Waals surface area contributed by atoms with Gasteiger partial charge in [0.25, 0.3) is 0 Å². The Morgan fingerprint density at radius 1 is 1.16 bits per heavy atom. The van der Waals surface area contributed by atoms with Gasteiger partial charge in [-0.25, -0.2) is 4.79 Å². The minimum atomic E-state index is -1.11. The number of aromatic carboxylic acids is 1. The molecule has 6 heteroatoms. The second kappa shape index (κ2) is 6.83. The van der Waals surface area contributed by atoms with Gasteiger partial charge in [-0.3, -0.25) is 4.79 Å². The number of allylic oxidation sites excluding steroid dienone is 1. The number of nitrogens with zero attached hydrogens (tertiary/aromatic N) is 1. The molecule has 0 atom stereocenters. The molecule has 0 bridgehead atoms. The average molecular weight is 356 g/mol. The van der Waals surface area contributed by atoms with E-state index in [1.54, 1.807) is 53.1 Å². The highest BCUT2D eigenvalue weighted by molar-refractivity contribution is 6.30. The zero-order chi connectivity index (χ0) is 18.0. The average Bonchev–Trinajstić information content (AvgIpc) is 3.00. The van der Waals surface area contributed by atoms with Crippen LogP contribution in [0.5, 0.6) is 5.75 Å². The number of carboxylic acids is 1. The van der Waals surface area contributed by atoms with E-state index in [2.05, 4.69) is 0 Å². The summed E-state index contributed by atoms with van der Waals surface area (Å²) in [7, 11) is 1.50.